The van der Waals surface area contributed by atoms with Crippen molar-refractivity contribution in [3.05, 3.63) is 107 Å². The molecule has 6 nitrogen and oxygen atoms in total. The molecular weight excluding hydrogens is 458 g/mol. The maximum atomic E-state index is 13.4. The van der Waals surface area contributed by atoms with Gasteiger partial charge in [0.1, 0.15) is 0 Å². The molecule has 0 bridgehead atoms. The molecule has 0 aliphatic rings. The molecule has 3 aromatic heterocycles. The highest BCUT2D eigenvalue weighted by atomic mass is 16.1. The maximum absolute atomic E-state index is 13.4. The summed E-state index contributed by atoms with van der Waals surface area (Å²) in [7, 11) is 1.76. The fraction of sp³-hybridized carbons (Fsp3) is 0.161. The molecule has 0 aliphatic carbocycles. The third kappa shape index (κ3) is 4.05. The van der Waals surface area contributed by atoms with Gasteiger partial charge in [-0.3, -0.25) is 19.1 Å². The predicted molar refractivity (Wildman–Crippen MR) is 150 cm³/mol. The van der Waals surface area contributed by atoms with Crippen LogP contribution in [0.5, 0.6) is 0 Å². The summed E-state index contributed by atoms with van der Waals surface area (Å²) >= 11 is 0. The van der Waals surface area contributed by atoms with Crippen molar-refractivity contribution in [3.8, 4) is 22.9 Å². The minimum absolute atomic E-state index is 0.155. The van der Waals surface area contributed by atoms with Crippen LogP contribution in [0.1, 0.15) is 30.7 Å². The molecule has 0 spiro atoms. The van der Waals surface area contributed by atoms with Gasteiger partial charge in [-0.2, -0.15) is 5.26 Å². The van der Waals surface area contributed by atoms with Gasteiger partial charge in [0.05, 0.1) is 45.6 Å². The monoisotopic (exact) mass is 485 g/mol. The summed E-state index contributed by atoms with van der Waals surface area (Å²) in [5, 5.41) is 10.4. The number of rotatable bonds is 5. The number of benzene rings is 2. The Kier molecular flexibility index (Phi) is 5.85. The number of aryl methyl sites for hydroxylation is 2. The highest BCUT2D eigenvalue weighted by molar-refractivity contribution is 6.04. The van der Waals surface area contributed by atoms with Crippen LogP contribution in [0.4, 0.5) is 0 Å². The van der Waals surface area contributed by atoms with Gasteiger partial charge in [0, 0.05) is 24.2 Å². The third-order valence-electron chi connectivity index (χ3n) is 6.85. The molecule has 3 heterocycles. The Hall–Kier alpha value is -4.76. The minimum atomic E-state index is -0.614. The zero-order valence-corrected chi connectivity index (χ0v) is 21.4. The Morgan fingerprint density at radius 2 is 1.78 bits per heavy atom. The largest absolute Gasteiger partial charge is 0.333 e. The van der Waals surface area contributed by atoms with E-state index in [1.54, 1.807) is 28.5 Å². The van der Waals surface area contributed by atoms with Crippen molar-refractivity contribution in [3.63, 3.8) is 0 Å². The van der Waals surface area contributed by atoms with Gasteiger partial charge in [0.15, 0.2) is 0 Å². The van der Waals surface area contributed by atoms with Crippen LogP contribution in [0.15, 0.2) is 84.5 Å². The summed E-state index contributed by atoms with van der Waals surface area (Å²) < 4.78 is 3.34. The lowest BCUT2D eigenvalue weighted by atomic mass is 9.86. The van der Waals surface area contributed by atoms with E-state index in [4.69, 9.17) is 0 Å². The fourth-order valence-electron chi connectivity index (χ4n) is 4.58. The highest BCUT2D eigenvalue weighted by Crippen LogP contribution is 2.31. The van der Waals surface area contributed by atoms with Gasteiger partial charge in [0.25, 0.3) is 0 Å². The molecule has 37 heavy (non-hydrogen) atoms. The molecule has 0 amide bonds. The van der Waals surface area contributed by atoms with Gasteiger partial charge in [-0.05, 0) is 73.9 Å². The van der Waals surface area contributed by atoms with Gasteiger partial charge in [0.2, 0.25) is 0 Å². The standard InChI is InChI=1S/C31H27N5O/c1-6-7-8-26-20(2)15-22(17-33-26)21-9-14-27-25(16-21)29-28(18-34-27)35(5)30(37)36(29)24-12-10-23(11-13-24)31(3,4)19-32/h6-18H,1H2,2-5H3/b8-7-. The van der Waals surface area contributed by atoms with Crippen LogP contribution < -0.4 is 5.69 Å². The Morgan fingerprint density at radius 1 is 1.03 bits per heavy atom. The first-order valence-electron chi connectivity index (χ1n) is 12.0. The van der Waals surface area contributed by atoms with Crippen LogP contribution in [-0.4, -0.2) is 19.1 Å². The summed E-state index contributed by atoms with van der Waals surface area (Å²) in [6.45, 7) is 9.52. The Balaban J connectivity index is 1.72. The number of pyridine rings is 2. The second kappa shape index (κ2) is 9.03. The number of aromatic nitrogens is 4. The number of nitriles is 1. The Morgan fingerprint density at radius 3 is 2.46 bits per heavy atom. The van der Waals surface area contributed by atoms with E-state index in [9.17, 15) is 10.1 Å². The number of nitrogens with zero attached hydrogens (tertiary/aromatic N) is 5. The van der Waals surface area contributed by atoms with Gasteiger partial charge < -0.3 is 0 Å². The van der Waals surface area contributed by atoms with Gasteiger partial charge in [-0.15, -0.1) is 0 Å². The van der Waals surface area contributed by atoms with E-state index in [-0.39, 0.29) is 5.69 Å². The molecule has 2 aromatic carbocycles. The SMILES string of the molecule is C=C/C=C\c1ncc(-c2ccc3ncc4c(c3c2)n(-c2ccc(C(C)(C)C#N)cc2)c(=O)n4C)cc1C. The van der Waals surface area contributed by atoms with Crippen LogP contribution in [0.2, 0.25) is 0 Å². The van der Waals surface area contributed by atoms with Crippen molar-refractivity contribution in [1.29, 1.82) is 5.26 Å². The summed E-state index contributed by atoms with van der Waals surface area (Å²) in [6, 6.07) is 18.1. The van der Waals surface area contributed by atoms with Crippen molar-refractivity contribution in [2.75, 3.05) is 0 Å². The summed E-state index contributed by atoms with van der Waals surface area (Å²) in [6.07, 6.45) is 9.14. The molecule has 0 atom stereocenters. The third-order valence-corrected chi connectivity index (χ3v) is 6.85. The number of hydrogen-bond acceptors (Lipinski definition) is 4. The van der Waals surface area contributed by atoms with E-state index in [0.29, 0.717) is 0 Å². The van der Waals surface area contributed by atoms with E-state index in [0.717, 1.165) is 55.6 Å². The smallest absolute Gasteiger partial charge is 0.293 e. The van der Waals surface area contributed by atoms with Crippen LogP contribution in [-0.2, 0) is 12.5 Å². The van der Waals surface area contributed by atoms with Crippen molar-refractivity contribution < 1.29 is 0 Å². The first kappa shape index (κ1) is 24.0. The van der Waals surface area contributed by atoms with E-state index in [1.807, 2.05) is 75.5 Å². The Labute approximate surface area is 215 Å². The van der Waals surface area contributed by atoms with Crippen LogP contribution in [0, 0.1) is 18.3 Å². The average molecular weight is 486 g/mol. The topological polar surface area (TPSA) is 76.5 Å². The lowest BCUT2D eigenvalue weighted by Gasteiger charge is -2.16. The molecule has 0 saturated carbocycles. The molecule has 6 heteroatoms. The first-order chi connectivity index (χ1) is 17.7. The van der Waals surface area contributed by atoms with Crippen molar-refractivity contribution >= 4 is 28.0 Å². The second-order valence-corrected chi connectivity index (χ2v) is 9.71. The molecule has 0 aliphatic heterocycles. The van der Waals surface area contributed by atoms with Crippen molar-refractivity contribution in [2.24, 2.45) is 7.05 Å². The molecule has 0 fully saturated rings. The summed E-state index contributed by atoms with van der Waals surface area (Å²) in [4.78, 5) is 22.7. The predicted octanol–water partition coefficient (Wildman–Crippen LogP) is 6.25. The quantitative estimate of drug-likeness (QED) is 0.276. The number of imidazole rings is 1. The number of fused-ring (bicyclic) bond motifs is 3. The zero-order valence-electron chi connectivity index (χ0n) is 21.4. The lowest BCUT2D eigenvalue weighted by Crippen LogP contribution is -2.21. The Bertz CT molecular complexity index is 1810. The number of allylic oxidation sites excluding steroid dienone is 2. The molecular formula is C31H27N5O. The fourth-order valence-corrected chi connectivity index (χ4v) is 4.58. The van der Waals surface area contributed by atoms with Crippen LogP contribution in [0.25, 0.3) is 44.8 Å². The molecule has 182 valence electrons. The molecule has 0 saturated heterocycles. The van der Waals surface area contributed by atoms with Gasteiger partial charge in [-0.1, -0.05) is 36.9 Å². The van der Waals surface area contributed by atoms with Crippen molar-refractivity contribution in [1.82, 2.24) is 19.1 Å². The summed E-state index contributed by atoms with van der Waals surface area (Å²) in [5.74, 6) is 0. The molecule has 5 aromatic rings. The van der Waals surface area contributed by atoms with E-state index in [1.165, 1.54) is 0 Å². The zero-order chi connectivity index (χ0) is 26.3. The van der Waals surface area contributed by atoms with E-state index < -0.39 is 5.41 Å². The van der Waals surface area contributed by atoms with Crippen LogP contribution in [0.3, 0.4) is 0 Å². The molecule has 0 radical (unpaired) electrons. The molecule has 0 unspecified atom stereocenters. The second-order valence-electron chi connectivity index (χ2n) is 9.71. The van der Waals surface area contributed by atoms with E-state index in [2.05, 4.69) is 34.7 Å². The minimum Gasteiger partial charge on any atom is -0.293 e. The average Bonchev–Trinajstić information content (AvgIpc) is 3.17. The molecule has 5 rings (SSSR count). The van der Waals surface area contributed by atoms with E-state index >= 15 is 0 Å². The van der Waals surface area contributed by atoms with Crippen LogP contribution >= 0.6 is 0 Å². The highest BCUT2D eigenvalue weighted by Gasteiger charge is 2.21. The lowest BCUT2D eigenvalue weighted by molar-refractivity contribution is 0.686. The molecule has 0 N–H and O–H groups in total. The van der Waals surface area contributed by atoms with Gasteiger partial charge in [-0.25, -0.2) is 4.79 Å². The number of hydrogen-bond donors (Lipinski definition) is 0. The maximum Gasteiger partial charge on any atom is 0.333 e. The van der Waals surface area contributed by atoms with Crippen molar-refractivity contribution in [2.45, 2.75) is 26.2 Å². The van der Waals surface area contributed by atoms with Gasteiger partial charge >= 0.3 is 5.69 Å². The normalized spacial score (nSPS) is 11.9. The first-order valence-corrected chi connectivity index (χ1v) is 12.0. The summed E-state index contributed by atoms with van der Waals surface area (Å²) in [5.41, 5.74) is 7.14.